The SMILES string of the molecule is [CH2-]NC(C)c1ccccc1.[Cr]. The molecule has 0 aliphatic carbocycles. The molecule has 0 bridgehead atoms. The van der Waals surface area contributed by atoms with Crippen LogP contribution in [0.15, 0.2) is 30.3 Å². The Balaban J connectivity index is 0.000001000. The van der Waals surface area contributed by atoms with Gasteiger partial charge < -0.3 is 5.32 Å². The van der Waals surface area contributed by atoms with Crippen molar-refractivity contribution >= 4 is 0 Å². The molecule has 60 valence electrons. The van der Waals surface area contributed by atoms with Crippen molar-refractivity contribution in [2.24, 2.45) is 0 Å². The first-order chi connectivity index (χ1) is 4.84. The Hall–Kier alpha value is -0.288. The molecule has 0 aliphatic rings. The number of hydrogen-bond donors (Lipinski definition) is 1. The van der Waals surface area contributed by atoms with E-state index in [9.17, 15) is 0 Å². The second-order valence-electron chi connectivity index (χ2n) is 2.34. The first-order valence-corrected chi connectivity index (χ1v) is 3.42. The molecule has 1 rings (SSSR count). The van der Waals surface area contributed by atoms with Crippen LogP contribution in [0.25, 0.3) is 0 Å². The third kappa shape index (κ3) is 3.07. The van der Waals surface area contributed by atoms with Crippen LogP contribution in [0, 0.1) is 7.05 Å². The van der Waals surface area contributed by atoms with Crippen molar-refractivity contribution in [2.45, 2.75) is 13.0 Å². The van der Waals surface area contributed by atoms with Crippen molar-refractivity contribution < 1.29 is 17.4 Å². The largest absolute Gasteiger partial charge is 0.467 e. The second kappa shape index (κ2) is 5.37. The molecule has 0 radical (unpaired) electrons. The zero-order valence-electron chi connectivity index (χ0n) is 6.58. The van der Waals surface area contributed by atoms with E-state index in [1.165, 1.54) is 5.56 Å². The number of nitrogens with one attached hydrogen (secondary N) is 1. The molecule has 0 saturated heterocycles. The van der Waals surface area contributed by atoms with E-state index >= 15 is 0 Å². The van der Waals surface area contributed by atoms with Crippen LogP contribution in [0.5, 0.6) is 0 Å². The molecule has 0 saturated carbocycles. The number of hydrogen-bond acceptors (Lipinski definition) is 1. The summed E-state index contributed by atoms with van der Waals surface area (Å²) in [5.74, 6) is 0. The topological polar surface area (TPSA) is 12.0 Å². The normalized spacial score (nSPS) is 11.8. The molecule has 0 aliphatic heterocycles. The van der Waals surface area contributed by atoms with Gasteiger partial charge in [-0.15, -0.1) is 0 Å². The van der Waals surface area contributed by atoms with Crippen molar-refractivity contribution in [1.82, 2.24) is 5.32 Å². The van der Waals surface area contributed by atoms with Crippen LogP contribution in [0.3, 0.4) is 0 Å². The molecule has 0 amide bonds. The molecule has 0 spiro atoms. The molecule has 1 nitrogen and oxygen atoms in total. The van der Waals surface area contributed by atoms with Gasteiger partial charge in [-0.25, -0.2) is 0 Å². The van der Waals surface area contributed by atoms with Crippen LogP contribution in [-0.4, -0.2) is 0 Å². The van der Waals surface area contributed by atoms with Crippen LogP contribution >= 0.6 is 0 Å². The minimum atomic E-state index is 0. The molecule has 1 aromatic carbocycles. The number of rotatable bonds is 2. The third-order valence-corrected chi connectivity index (χ3v) is 1.61. The summed E-state index contributed by atoms with van der Waals surface area (Å²) in [5.41, 5.74) is 1.28. The van der Waals surface area contributed by atoms with E-state index in [-0.39, 0.29) is 17.4 Å². The van der Waals surface area contributed by atoms with Gasteiger partial charge in [-0.05, 0) is 12.5 Å². The van der Waals surface area contributed by atoms with E-state index in [4.69, 9.17) is 0 Å². The molecular weight excluding hydrogens is 174 g/mol. The van der Waals surface area contributed by atoms with Crippen molar-refractivity contribution in [1.29, 1.82) is 0 Å². The van der Waals surface area contributed by atoms with E-state index in [1.54, 1.807) is 0 Å². The zero-order chi connectivity index (χ0) is 7.40. The maximum atomic E-state index is 3.61. The second-order valence-corrected chi connectivity index (χ2v) is 2.34. The minimum absolute atomic E-state index is 0. The molecular formula is C9H12CrN-. The summed E-state index contributed by atoms with van der Waals surface area (Å²) in [7, 11) is 3.61. The van der Waals surface area contributed by atoms with Gasteiger partial charge >= 0.3 is 0 Å². The Morgan fingerprint density at radius 3 is 2.27 bits per heavy atom. The molecule has 0 fully saturated rings. The maximum absolute atomic E-state index is 3.61. The minimum Gasteiger partial charge on any atom is -0.467 e. The Morgan fingerprint density at radius 1 is 1.27 bits per heavy atom. The molecule has 0 heterocycles. The fraction of sp³-hybridized carbons (Fsp3) is 0.222. The fourth-order valence-corrected chi connectivity index (χ4v) is 0.860. The molecule has 0 aromatic heterocycles. The Morgan fingerprint density at radius 2 is 1.82 bits per heavy atom. The first-order valence-electron chi connectivity index (χ1n) is 3.42. The molecule has 2 heteroatoms. The summed E-state index contributed by atoms with van der Waals surface area (Å²) in [6, 6.07) is 10.6. The summed E-state index contributed by atoms with van der Waals surface area (Å²) in [5, 5.41) is 2.93. The fourth-order valence-electron chi connectivity index (χ4n) is 0.860. The summed E-state index contributed by atoms with van der Waals surface area (Å²) in [6.07, 6.45) is 0. The third-order valence-electron chi connectivity index (χ3n) is 1.61. The zero-order valence-corrected chi connectivity index (χ0v) is 7.85. The van der Waals surface area contributed by atoms with Gasteiger partial charge in [-0.1, -0.05) is 30.3 Å². The molecule has 1 aromatic rings. The van der Waals surface area contributed by atoms with Crippen molar-refractivity contribution in [3.8, 4) is 0 Å². The Labute approximate surface area is 78.9 Å². The van der Waals surface area contributed by atoms with Gasteiger partial charge in [-0.3, -0.25) is 7.05 Å². The Bertz CT molecular complexity index is 186. The van der Waals surface area contributed by atoms with Gasteiger partial charge in [0.2, 0.25) is 0 Å². The van der Waals surface area contributed by atoms with Crippen molar-refractivity contribution in [2.75, 3.05) is 0 Å². The van der Waals surface area contributed by atoms with E-state index in [2.05, 4.69) is 31.4 Å². The molecule has 1 N–H and O–H groups in total. The average Bonchev–Trinajstić information content (AvgIpc) is 2.05. The number of benzene rings is 1. The smallest absolute Gasteiger partial charge is 0.00205 e. The molecule has 11 heavy (non-hydrogen) atoms. The quantitative estimate of drug-likeness (QED) is 0.697. The van der Waals surface area contributed by atoms with Crippen LogP contribution in [0.4, 0.5) is 0 Å². The molecule has 1 unspecified atom stereocenters. The van der Waals surface area contributed by atoms with Crippen LogP contribution in [0.1, 0.15) is 18.5 Å². The Kier molecular flexibility index (Phi) is 5.23. The summed E-state index contributed by atoms with van der Waals surface area (Å²) < 4.78 is 0. The van der Waals surface area contributed by atoms with Crippen molar-refractivity contribution in [3.63, 3.8) is 0 Å². The van der Waals surface area contributed by atoms with Gasteiger partial charge in [0.05, 0.1) is 0 Å². The van der Waals surface area contributed by atoms with E-state index in [0.29, 0.717) is 6.04 Å². The van der Waals surface area contributed by atoms with Crippen LogP contribution < -0.4 is 5.32 Å². The van der Waals surface area contributed by atoms with Gasteiger partial charge in [-0.2, -0.15) is 0 Å². The van der Waals surface area contributed by atoms with Crippen LogP contribution in [-0.2, 0) is 17.4 Å². The summed E-state index contributed by atoms with van der Waals surface area (Å²) in [6.45, 7) is 2.09. The van der Waals surface area contributed by atoms with Gasteiger partial charge in [0.1, 0.15) is 0 Å². The van der Waals surface area contributed by atoms with Gasteiger partial charge in [0.25, 0.3) is 0 Å². The maximum Gasteiger partial charge on any atom is 0.00205 e. The van der Waals surface area contributed by atoms with Crippen molar-refractivity contribution in [3.05, 3.63) is 42.9 Å². The van der Waals surface area contributed by atoms with E-state index in [0.717, 1.165) is 0 Å². The van der Waals surface area contributed by atoms with E-state index in [1.807, 2.05) is 18.2 Å². The summed E-state index contributed by atoms with van der Waals surface area (Å²) >= 11 is 0. The van der Waals surface area contributed by atoms with E-state index < -0.39 is 0 Å². The summed E-state index contributed by atoms with van der Waals surface area (Å²) in [4.78, 5) is 0. The van der Waals surface area contributed by atoms with Crippen LogP contribution in [0.2, 0.25) is 0 Å². The standard InChI is InChI=1S/C9H12N.Cr/c1-8(10-2)9-6-4-3-5-7-9;/h3-8,10H,2H2,1H3;/q-1;. The van der Waals surface area contributed by atoms with Gasteiger partial charge in [0, 0.05) is 23.4 Å². The monoisotopic (exact) mass is 186 g/mol. The first kappa shape index (κ1) is 10.7. The predicted molar refractivity (Wildman–Crippen MR) is 43.3 cm³/mol. The molecule has 1 atom stereocenters. The van der Waals surface area contributed by atoms with Gasteiger partial charge in [0.15, 0.2) is 0 Å². The average molecular weight is 186 g/mol. The predicted octanol–water partition coefficient (Wildman–Crippen LogP) is 2.13.